The number of carbonyl (C=O) groups is 1. The fourth-order valence-electron chi connectivity index (χ4n) is 2.65. The van der Waals surface area contributed by atoms with Crippen LogP contribution in [0.4, 0.5) is 5.69 Å². The number of aryl methyl sites for hydroxylation is 1. The Kier molecular flexibility index (Phi) is 8.33. The Labute approximate surface area is 181 Å². The van der Waals surface area contributed by atoms with Gasteiger partial charge in [0.1, 0.15) is 11.5 Å². The summed E-state index contributed by atoms with van der Waals surface area (Å²) in [5.41, 5.74) is 0.846. The fraction of sp³-hybridized carbons (Fsp3) is 0.350. The van der Waals surface area contributed by atoms with Gasteiger partial charge in [0.05, 0.1) is 36.4 Å². The van der Waals surface area contributed by atoms with Crippen molar-refractivity contribution in [1.29, 1.82) is 0 Å². The number of benzene rings is 2. The van der Waals surface area contributed by atoms with Crippen LogP contribution in [0.2, 0.25) is 5.02 Å². The van der Waals surface area contributed by atoms with Crippen LogP contribution in [0.3, 0.4) is 0 Å². The maximum Gasteiger partial charge on any atom is 0.262 e. The Hall–Kier alpha value is -2.49. The van der Waals surface area contributed by atoms with Crippen LogP contribution >= 0.6 is 11.6 Å². The lowest BCUT2D eigenvalue weighted by Crippen LogP contribution is -2.27. The van der Waals surface area contributed by atoms with Crippen molar-refractivity contribution < 1.29 is 27.4 Å². The zero-order valence-corrected chi connectivity index (χ0v) is 18.8. The molecule has 0 heterocycles. The van der Waals surface area contributed by atoms with Gasteiger partial charge in [0.2, 0.25) is 0 Å². The maximum atomic E-state index is 13.0. The van der Waals surface area contributed by atoms with Crippen molar-refractivity contribution in [2.24, 2.45) is 0 Å². The van der Waals surface area contributed by atoms with E-state index >= 15 is 0 Å². The molecule has 2 rings (SSSR count). The van der Waals surface area contributed by atoms with Crippen molar-refractivity contribution >= 4 is 33.2 Å². The molecule has 0 radical (unpaired) electrons. The molecule has 2 aromatic rings. The second-order valence-electron chi connectivity index (χ2n) is 6.23. The van der Waals surface area contributed by atoms with Crippen LogP contribution in [0, 0.1) is 6.92 Å². The number of hydrogen-bond donors (Lipinski definition) is 2. The van der Waals surface area contributed by atoms with Gasteiger partial charge in [-0.15, -0.1) is 0 Å². The lowest BCUT2D eigenvalue weighted by atomic mass is 10.1. The van der Waals surface area contributed by atoms with E-state index in [4.69, 9.17) is 25.8 Å². The van der Waals surface area contributed by atoms with Crippen LogP contribution in [0.15, 0.2) is 35.2 Å². The molecule has 1 amide bonds. The fourth-order valence-corrected chi connectivity index (χ4v) is 4.23. The molecule has 0 aromatic heterocycles. The largest absolute Gasteiger partial charge is 0.495 e. The third-order valence-electron chi connectivity index (χ3n) is 4.19. The second-order valence-corrected chi connectivity index (χ2v) is 8.28. The normalized spacial score (nSPS) is 11.1. The highest BCUT2D eigenvalue weighted by atomic mass is 35.5. The second kappa shape index (κ2) is 10.5. The molecule has 30 heavy (non-hydrogen) atoms. The van der Waals surface area contributed by atoms with Crippen LogP contribution in [0.25, 0.3) is 0 Å². The summed E-state index contributed by atoms with van der Waals surface area (Å²) in [5, 5.41) is 2.91. The lowest BCUT2D eigenvalue weighted by Gasteiger charge is -2.16. The summed E-state index contributed by atoms with van der Waals surface area (Å²) < 4.78 is 44.1. The molecule has 164 valence electrons. The van der Waals surface area contributed by atoms with Crippen LogP contribution in [0.5, 0.6) is 11.5 Å². The van der Waals surface area contributed by atoms with Gasteiger partial charge < -0.3 is 19.5 Å². The van der Waals surface area contributed by atoms with Crippen molar-refractivity contribution in [3.05, 3.63) is 46.5 Å². The zero-order chi connectivity index (χ0) is 22.3. The van der Waals surface area contributed by atoms with Crippen LogP contribution in [0.1, 0.15) is 22.8 Å². The highest BCUT2D eigenvalue weighted by Gasteiger charge is 2.22. The highest BCUT2D eigenvalue weighted by Crippen LogP contribution is 2.37. The number of halogens is 1. The van der Waals surface area contributed by atoms with E-state index in [1.807, 2.05) is 6.92 Å². The molecule has 0 saturated heterocycles. The Morgan fingerprint density at radius 2 is 1.80 bits per heavy atom. The molecule has 0 aliphatic rings. The summed E-state index contributed by atoms with van der Waals surface area (Å²) in [6.07, 6.45) is 0. The molecule has 0 fully saturated rings. The third-order valence-corrected chi connectivity index (χ3v) is 6.00. The number of carbonyl (C=O) groups excluding carboxylic acids is 1. The number of nitrogens with one attached hydrogen (secondary N) is 2. The topological polar surface area (TPSA) is 103 Å². The summed E-state index contributed by atoms with van der Waals surface area (Å²) in [6, 6.07) is 7.34. The van der Waals surface area contributed by atoms with Crippen LogP contribution in [-0.4, -0.2) is 48.3 Å². The highest BCUT2D eigenvalue weighted by molar-refractivity contribution is 7.92. The predicted molar refractivity (Wildman–Crippen MR) is 115 cm³/mol. The Morgan fingerprint density at radius 1 is 1.10 bits per heavy atom. The van der Waals surface area contributed by atoms with Gasteiger partial charge in [-0.3, -0.25) is 9.52 Å². The first-order valence-corrected chi connectivity index (χ1v) is 11.0. The number of rotatable bonds is 10. The number of methoxy groups -OCH3 is 2. The summed E-state index contributed by atoms with van der Waals surface area (Å²) in [6.45, 7) is 4.75. The van der Waals surface area contributed by atoms with E-state index in [0.29, 0.717) is 31.1 Å². The van der Waals surface area contributed by atoms with E-state index in [-0.39, 0.29) is 26.9 Å². The number of anilines is 1. The molecular weight excluding hydrogens is 432 g/mol. The first-order chi connectivity index (χ1) is 14.2. The predicted octanol–water partition coefficient (Wildman–Crippen LogP) is 3.23. The minimum atomic E-state index is -4.03. The van der Waals surface area contributed by atoms with Gasteiger partial charge in [-0.2, -0.15) is 0 Å². The van der Waals surface area contributed by atoms with Gasteiger partial charge in [0.15, 0.2) is 0 Å². The molecule has 0 aliphatic carbocycles. The minimum absolute atomic E-state index is 0.0334. The van der Waals surface area contributed by atoms with E-state index in [1.54, 1.807) is 19.1 Å². The third kappa shape index (κ3) is 5.78. The average molecular weight is 457 g/mol. The number of amides is 1. The zero-order valence-electron chi connectivity index (χ0n) is 17.2. The lowest BCUT2D eigenvalue weighted by molar-refractivity contribution is 0.0922. The SMILES string of the molecule is CCOCCNC(=O)c1ccc(C)c(S(=O)(=O)Nc2cc(Cl)c(OC)cc2OC)c1. The number of sulfonamides is 1. The van der Waals surface area contributed by atoms with Crippen LogP contribution < -0.4 is 19.5 Å². The van der Waals surface area contributed by atoms with E-state index in [0.717, 1.165) is 0 Å². The molecule has 0 atom stereocenters. The van der Waals surface area contributed by atoms with E-state index in [9.17, 15) is 13.2 Å². The van der Waals surface area contributed by atoms with Crippen molar-refractivity contribution in [3.63, 3.8) is 0 Å². The van der Waals surface area contributed by atoms with E-state index in [1.165, 1.54) is 32.4 Å². The smallest absolute Gasteiger partial charge is 0.262 e. The van der Waals surface area contributed by atoms with Crippen molar-refractivity contribution in [2.75, 3.05) is 38.7 Å². The number of ether oxygens (including phenoxy) is 3. The molecule has 10 heteroatoms. The Bertz CT molecular complexity index is 1010. The van der Waals surface area contributed by atoms with Gasteiger partial charge in [-0.25, -0.2) is 8.42 Å². The maximum absolute atomic E-state index is 13.0. The van der Waals surface area contributed by atoms with E-state index < -0.39 is 15.9 Å². The summed E-state index contributed by atoms with van der Waals surface area (Å²) in [5.74, 6) is 0.192. The monoisotopic (exact) mass is 456 g/mol. The van der Waals surface area contributed by atoms with Crippen molar-refractivity contribution in [1.82, 2.24) is 5.32 Å². The van der Waals surface area contributed by atoms with E-state index in [2.05, 4.69) is 10.0 Å². The van der Waals surface area contributed by atoms with Gasteiger partial charge >= 0.3 is 0 Å². The standard InChI is InChI=1S/C20H25ClN2O6S/c1-5-29-9-8-22-20(24)14-7-6-13(2)19(10-14)30(25,26)23-16-11-15(21)17(27-3)12-18(16)28-4/h6-7,10-12,23H,5,8-9H2,1-4H3,(H,22,24). The molecular formula is C20H25ClN2O6S. The summed E-state index contributed by atoms with van der Waals surface area (Å²) in [7, 11) is -1.19. The quantitative estimate of drug-likeness (QED) is 0.532. The first-order valence-electron chi connectivity index (χ1n) is 9.14. The molecule has 8 nitrogen and oxygen atoms in total. The molecule has 0 bridgehead atoms. The molecule has 2 N–H and O–H groups in total. The molecule has 0 saturated carbocycles. The minimum Gasteiger partial charge on any atom is -0.495 e. The molecule has 2 aromatic carbocycles. The van der Waals surface area contributed by atoms with Crippen LogP contribution in [-0.2, 0) is 14.8 Å². The number of hydrogen-bond acceptors (Lipinski definition) is 6. The van der Waals surface area contributed by atoms with Crippen molar-refractivity contribution in [2.45, 2.75) is 18.7 Å². The molecule has 0 aliphatic heterocycles. The van der Waals surface area contributed by atoms with Gasteiger partial charge in [-0.1, -0.05) is 17.7 Å². The summed E-state index contributed by atoms with van der Waals surface area (Å²) >= 11 is 6.12. The first kappa shape index (κ1) is 23.8. The Balaban J connectivity index is 2.32. The average Bonchev–Trinajstić information content (AvgIpc) is 2.71. The van der Waals surface area contributed by atoms with Gasteiger partial charge in [-0.05, 0) is 37.6 Å². The molecule has 0 spiro atoms. The van der Waals surface area contributed by atoms with Crippen molar-refractivity contribution in [3.8, 4) is 11.5 Å². The van der Waals surface area contributed by atoms with Gasteiger partial charge in [0, 0.05) is 24.8 Å². The Morgan fingerprint density at radius 3 is 2.43 bits per heavy atom. The van der Waals surface area contributed by atoms with Gasteiger partial charge in [0.25, 0.3) is 15.9 Å². The molecule has 0 unspecified atom stereocenters. The summed E-state index contributed by atoms with van der Waals surface area (Å²) in [4.78, 5) is 12.3.